The Kier molecular flexibility index (Phi) is 4.90. The molecule has 1 aromatic carbocycles. The first-order chi connectivity index (χ1) is 12.6. The standard InChI is InChI=1S/C20H30N4O2/c1-16(2)10-22-13-20(14-22)15-23(11-18-12-26-9-8-24(18)20)19(25)21-17-6-4-3-5-7-17/h3-7,16,18H,8-15H2,1-2H3,(H,21,25). The number of carbonyl (C=O) groups is 1. The fourth-order valence-electron chi connectivity index (χ4n) is 4.79. The summed E-state index contributed by atoms with van der Waals surface area (Å²) < 4.78 is 5.72. The topological polar surface area (TPSA) is 48.1 Å². The summed E-state index contributed by atoms with van der Waals surface area (Å²) in [5, 5.41) is 3.05. The SMILES string of the molecule is CC(C)CN1CC2(C1)CN(C(=O)Nc1ccccc1)CC1COCCN12. The van der Waals surface area contributed by atoms with E-state index in [0.717, 1.165) is 58.2 Å². The number of rotatable bonds is 3. The lowest BCUT2D eigenvalue weighted by molar-refractivity contribution is -0.158. The fourth-order valence-corrected chi connectivity index (χ4v) is 4.79. The van der Waals surface area contributed by atoms with Crippen LogP contribution in [0.25, 0.3) is 0 Å². The summed E-state index contributed by atoms with van der Waals surface area (Å²) in [5.74, 6) is 0.675. The largest absolute Gasteiger partial charge is 0.378 e. The monoisotopic (exact) mass is 358 g/mol. The molecule has 3 saturated heterocycles. The van der Waals surface area contributed by atoms with Crippen molar-refractivity contribution in [3.63, 3.8) is 0 Å². The first-order valence-corrected chi connectivity index (χ1v) is 9.74. The van der Waals surface area contributed by atoms with Crippen LogP contribution in [0.15, 0.2) is 30.3 Å². The first-order valence-electron chi connectivity index (χ1n) is 9.74. The minimum atomic E-state index is 0.00288. The van der Waals surface area contributed by atoms with Crippen LogP contribution in [-0.2, 0) is 4.74 Å². The highest BCUT2D eigenvalue weighted by molar-refractivity contribution is 5.89. The Balaban J connectivity index is 1.46. The van der Waals surface area contributed by atoms with Gasteiger partial charge in [-0.25, -0.2) is 4.79 Å². The summed E-state index contributed by atoms with van der Waals surface area (Å²) in [7, 11) is 0. The minimum absolute atomic E-state index is 0.00288. The van der Waals surface area contributed by atoms with E-state index in [9.17, 15) is 4.79 Å². The van der Waals surface area contributed by atoms with Gasteiger partial charge in [0.2, 0.25) is 0 Å². The number of anilines is 1. The van der Waals surface area contributed by atoms with Gasteiger partial charge in [-0.2, -0.15) is 0 Å². The van der Waals surface area contributed by atoms with Crippen LogP contribution in [0.1, 0.15) is 13.8 Å². The average molecular weight is 358 g/mol. The molecule has 0 aliphatic carbocycles. The summed E-state index contributed by atoms with van der Waals surface area (Å²) in [4.78, 5) is 20.0. The number of benzene rings is 1. The van der Waals surface area contributed by atoms with E-state index in [4.69, 9.17) is 4.74 Å². The quantitative estimate of drug-likeness (QED) is 0.897. The Morgan fingerprint density at radius 3 is 2.77 bits per heavy atom. The molecule has 1 unspecified atom stereocenters. The van der Waals surface area contributed by atoms with Crippen LogP contribution < -0.4 is 5.32 Å². The van der Waals surface area contributed by atoms with Gasteiger partial charge < -0.3 is 15.0 Å². The van der Waals surface area contributed by atoms with E-state index < -0.39 is 0 Å². The maximum atomic E-state index is 12.9. The van der Waals surface area contributed by atoms with Crippen LogP contribution in [0, 0.1) is 5.92 Å². The van der Waals surface area contributed by atoms with Crippen LogP contribution >= 0.6 is 0 Å². The molecule has 1 N–H and O–H groups in total. The molecule has 3 aliphatic rings. The molecule has 142 valence electrons. The van der Waals surface area contributed by atoms with Crippen LogP contribution in [0.5, 0.6) is 0 Å². The van der Waals surface area contributed by atoms with Gasteiger partial charge in [0.05, 0.1) is 24.8 Å². The maximum absolute atomic E-state index is 12.9. The number of urea groups is 1. The van der Waals surface area contributed by atoms with Crippen molar-refractivity contribution in [3.05, 3.63) is 30.3 Å². The van der Waals surface area contributed by atoms with Crippen molar-refractivity contribution in [1.29, 1.82) is 0 Å². The molecule has 3 fully saturated rings. The molecule has 0 saturated carbocycles. The number of hydrogen-bond acceptors (Lipinski definition) is 4. The van der Waals surface area contributed by atoms with Crippen LogP contribution in [-0.4, -0.2) is 84.8 Å². The number of morpholine rings is 1. The molecule has 4 rings (SSSR count). The number of nitrogens with zero attached hydrogens (tertiary/aromatic N) is 3. The third kappa shape index (κ3) is 3.46. The van der Waals surface area contributed by atoms with Crippen LogP contribution in [0.4, 0.5) is 10.5 Å². The molecule has 0 aromatic heterocycles. The number of ether oxygens (including phenoxy) is 1. The molecule has 2 amide bonds. The van der Waals surface area contributed by atoms with Gasteiger partial charge in [0.1, 0.15) is 0 Å². The number of hydrogen-bond donors (Lipinski definition) is 1. The number of carbonyl (C=O) groups excluding carboxylic acids is 1. The lowest BCUT2D eigenvalue weighted by atomic mass is 9.82. The van der Waals surface area contributed by atoms with Crippen LogP contribution in [0.3, 0.4) is 0 Å². The van der Waals surface area contributed by atoms with Gasteiger partial charge in [-0.15, -0.1) is 0 Å². The summed E-state index contributed by atoms with van der Waals surface area (Å²) >= 11 is 0. The first kappa shape index (κ1) is 17.8. The normalized spacial score (nSPS) is 25.8. The second kappa shape index (κ2) is 7.18. The summed E-state index contributed by atoms with van der Waals surface area (Å²) in [6, 6.07) is 10.0. The lowest BCUT2D eigenvalue weighted by Crippen LogP contribution is -2.81. The third-order valence-electron chi connectivity index (χ3n) is 5.72. The van der Waals surface area contributed by atoms with Gasteiger partial charge >= 0.3 is 6.03 Å². The number of amides is 2. The summed E-state index contributed by atoms with van der Waals surface area (Å²) in [6.07, 6.45) is 0. The molecular formula is C20H30N4O2. The number of piperazine rings is 1. The zero-order chi connectivity index (χ0) is 18.1. The average Bonchev–Trinajstić information content (AvgIpc) is 2.60. The second-order valence-corrected chi connectivity index (χ2v) is 8.39. The highest BCUT2D eigenvalue weighted by Crippen LogP contribution is 2.36. The molecule has 6 nitrogen and oxygen atoms in total. The summed E-state index contributed by atoms with van der Waals surface area (Å²) in [6.45, 7) is 11.8. The summed E-state index contributed by atoms with van der Waals surface area (Å²) in [5.41, 5.74) is 0.944. The van der Waals surface area contributed by atoms with E-state index >= 15 is 0 Å². The molecule has 1 aromatic rings. The van der Waals surface area contributed by atoms with Crippen molar-refractivity contribution >= 4 is 11.7 Å². The highest BCUT2D eigenvalue weighted by atomic mass is 16.5. The van der Waals surface area contributed by atoms with E-state index in [-0.39, 0.29) is 11.6 Å². The smallest absolute Gasteiger partial charge is 0.321 e. The molecule has 3 aliphatic heterocycles. The van der Waals surface area contributed by atoms with E-state index in [0.29, 0.717) is 12.0 Å². The molecule has 1 atom stereocenters. The van der Waals surface area contributed by atoms with Crippen molar-refractivity contribution < 1.29 is 9.53 Å². The second-order valence-electron chi connectivity index (χ2n) is 8.39. The van der Waals surface area contributed by atoms with Crippen molar-refractivity contribution in [3.8, 4) is 0 Å². The number of nitrogens with one attached hydrogen (secondary N) is 1. The van der Waals surface area contributed by atoms with Gasteiger partial charge in [0, 0.05) is 45.0 Å². The number of fused-ring (bicyclic) bond motifs is 2. The predicted molar refractivity (Wildman–Crippen MR) is 102 cm³/mol. The molecule has 26 heavy (non-hydrogen) atoms. The molecule has 0 radical (unpaired) electrons. The Hall–Kier alpha value is -1.63. The molecular weight excluding hydrogens is 328 g/mol. The zero-order valence-electron chi connectivity index (χ0n) is 15.9. The van der Waals surface area contributed by atoms with E-state index in [1.54, 1.807) is 0 Å². The van der Waals surface area contributed by atoms with Gasteiger partial charge in [-0.1, -0.05) is 32.0 Å². The van der Waals surface area contributed by atoms with Crippen molar-refractivity contribution in [2.24, 2.45) is 5.92 Å². The maximum Gasteiger partial charge on any atom is 0.321 e. The Bertz CT molecular complexity index is 630. The number of likely N-dealkylation sites (tertiary alicyclic amines) is 1. The van der Waals surface area contributed by atoms with Gasteiger partial charge in [-0.05, 0) is 18.1 Å². The van der Waals surface area contributed by atoms with E-state index in [2.05, 4.69) is 29.0 Å². The van der Waals surface area contributed by atoms with Crippen molar-refractivity contribution in [1.82, 2.24) is 14.7 Å². The van der Waals surface area contributed by atoms with Gasteiger partial charge in [0.25, 0.3) is 0 Å². The van der Waals surface area contributed by atoms with E-state index in [1.807, 2.05) is 35.2 Å². The van der Waals surface area contributed by atoms with Crippen LogP contribution in [0.2, 0.25) is 0 Å². The van der Waals surface area contributed by atoms with Crippen molar-refractivity contribution in [2.45, 2.75) is 25.4 Å². The molecule has 0 bridgehead atoms. The minimum Gasteiger partial charge on any atom is -0.378 e. The lowest BCUT2D eigenvalue weighted by Gasteiger charge is -2.63. The Morgan fingerprint density at radius 2 is 2.04 bits per heavy atom. The third-order valence-corrected chi connectivity index (χ3v) is 5.72. The zero-order valence-corrected chi connectivity index (χ0v) is 15.9. The highest BCUT2D eigenvalue weighted by Gasteiger charge is 2.54. The van der Waals surface area contributed by atoms with Gasteiger partial charge in [0.15, 0.2) is 0 Å². The van der Waals surface area contributed by atoms with Gasteiger partial charge in [-0.3, -0.25) is 9.80 Å². The van der Waals surface area contributed by atoms with E-state index in [1.165, 1.54) is 0 Å². The predicted octanol–water partition coefficient (Wildman–Crippen LogP) is 1.95. The molecule has 1 spiro atoms. The number of para-hydroxylation sites is 1. The fraction of sp³-hybridized carbons (Fsp3) is 0.650. The molecule has 3 heterocycles. The molecule has 6 heteroatoms. The van der Waals surface area contributed by atoms with Crippen molar-refractivity contribution in [2.75, 3.05) is 57.8 Å². The Morgan fingerprint density at radius 1 is 1.27 bits per heavy atom. The Labute approximate surface area is 156 Å².